The van der Waals surface area contributed by atoms with Crippen molar-refractivity contribution >= 4 is 38.9 Å². The van der Waals surface area contributed by atoms with E-state index in [4.69, 9.17) is 30.7 Å². The van der Waals surface area contributed by atoms with Crippen LogP contribution < -0.4 is 22.3 Å². The number of alkyl carbamates (subject to hydrolysis) is 1. The van der Waals surface area contributed by atoms with Crippen LogP contribution >= 0.6 is 15.6 Å². The normalized spacial score (nSPS) is 23.4. The summed E-state index contributed by atoms with van der Waals surface area (Å²) >= 11 is 0. The Morgan fingerprint density at radius 1 is 1.24 bits per heavy atom. The second kappa shape index (κ2) is 12.6. The van der Waals surface area contributed by atoms with Gasteiger partial charge in [-0.05, 0) is 19.4 Å². The van der Waals surface area contributed by atoms with Gasteiger partial charge in [0.05, 0.1) is 12.9 Å². The highest BCUT2D eigenvalue weighted by atomic mass is 31.3. The molecule has 214 valence electrons. The summed E-state index contributed by atoms with van der Waals surface area (Å²) in [5.41, 5.74) is 10.1. The van der Waals surface area contributed by atoms with Crippen molar-refractivity contribution in [3.63, 3.8) is 0 Å². The number of aliphatic hydroxyl groups excluding tert-OH is 1. The first-order chi connectivity index (χ1) is 17.8. The van der Waals surface area contributed by atoms with Gasteiger partial charge in [0.2, 0.25) is 5.95 Å². The number of aromatic amines is 1. The molecule has 0 bridgehead atoms. The first-order valence-electron chi connectivity index (χ1n) is 11.3. The van der Waals surface area contributed by atoms with E-state index < -0.39 is 58.4 Å². The van der Waals surface area contributed by atoms with Gasteiger partial charge in [0.1, 0.15) is 12.2 Å². The van der Waals surface area contributed by atoms with Gasteiger partial charge in [-0.1, -0.05) is 12.8 Å². The number of H-pyrrole nitrogens is 1. The van der Waals surface area contributed by atoms with Gasteiger partial charge < -0.3 is 46.0 Å². The van der Waals surface area contributed by atoms with Gasteiger partial charge in [-0.25, -0.2) is 18.9 Å². The van der Waals surface area contributed by atoms with E-state index >= 15 is 0 Å². The zero-order chi connectivity index (χ0) is 28.1. The molecule has 3 rings (SSSR count). The first kappa shape index (κ1) is 30.1. The summed E-state index contributed by atoms with van der Waals surface area (Å²) in [4.78, 5) is 61.8. The molecule has 2 aromatic heterocycles. The fourth-order valence-corrected chi connectivity index (χ4v) is 5.26. The number of fused-ring (bicyclic) bond motifs is 1. The van der Waals surface area contributed by atoms with Crippen molar-refractivity contribution in [3.05, 3.63) is 16.7 Å². The van der Waals surface area contributed by atoms with Crippen LogP contribution in [0.2, 0.25) is 0 Å². The molecule has 5 atom stereocenters. The molecule has 10 N–H and O–H groups in total. The number of nitrogen functional groups attached to an aromatic ring is 1. The minimum atomic E-state index is -5.41. The second-order valence-corrected chi connectivity index (χ2v) is 11.0. The third kappa shape index (κ3) is 8.03. The van der Waals surface area contributed by atoms with E-state index in [1.807, 2.05) is 0 Å². The average molecular weight is 585 g/mol. The average Bonchev–Trinajstić information content (AvgIpc) is 3.34. The topological polar surface area (TPSA) is 297 Å². The number of phosphoric ester groups is 1. The lowest BCUT2D eigenvalue weighted by Gasteiger charge is -2.21. The monoisotopic (exact) mass is 585 g/mol. The molecule has 0 spiro atoms. The highest BCUT2D eigenvalue weighted by molar-refractivity contribution is 7.60. The predicted octanol–water partition coefficient (Wildman–Crippen LogP) is -1.20. The summed E-state index contributed by atoms with van der Waals surface area (Å²) in [6.07, 6.45) is -2.73. The van der Waals surface area contributed by atoms with Crippen LogP contribution in [0.3, 0.4) is 0 Å². The van der Waals surface area contributed by atoms with E-state index in [9.17, 15) is 28.7 Å². The molecular formula is C17H29N7O12P2. The van der Waals surface area contributed by atoms with E-state index in [0.29, 0.717) is 13.0 Å². The van der Waals surface area contributed by atoms with Crippen LogP contribution in [0.15, 0.2) is 11.1 Å². The molecule has 1 aliphatic heterocycles. The number of rotatable bonds is 13. The maximum absolute atomic E-state index is 12.4. The van der Waals surface area contributed by atoms with Gasteiger partial charge in [-0.3, -0.25) is 18.9 Å². The third-order valence-corrected chi connectivity index (χ3v) is 7.44. The van der Waals surface area contributed by atoms with Gasteiger partial charge >= 0.3 is 21.7 Å². The Morgan fingerprint density at radius 2 is 1.95 bits per heavy atom. The van der Waals surface area contributed by atoms with Crippen LogP contribution in [0.1, 0.15) is 31.9 Å². The van der Waals surface area contributed by atoms with Crippen molar-refractivity contribution < 1.29 is 52.0 Å². The molecule has 21 heteroatoms. The minimum absolute atomic E-state index is 0.0878. The van der Waals surface area contributed by atoms with E-state index in [2.05, 4.69) is 29.1 Å². The van der Waals surface area contributed by atoms with Gasteiger partial charge in [-0.15, -0.1) is 0 Å². The number of aliphatic hydroxyl groups is 1. The number of carbonyl (C=O) groups is 1. The Morgan fingerprint density at radius 3 is 2.63 bits per heavy atom. The number of anilines is 1. The summed E-state index contributed by atoms with van der Waals surface area (Å²) < 4.78 is 43.2. The summed E-state index contributed by atoms with van der Waals surface area (Å²) in [6, 6.07) is 0. The number of nitrogens with one attached hydrogen (secondary N) is 2. The van der Waals surface area contributed by atoms with Crippen LogP contribution in [0.4, 0.5) is 10.7 Å². The van der Waals surface area contributed by atoms with Crippen molar-refractivity contribution in [3.8, 4) is 0 Å². The Kier molecular flexibility index (Phi) is 9.99. The Bertz CT molecular complexity index is 1270. The first-order valence-corrected chi connectivity index (χ1v) is 14.3. The number of nitrogens with two attached hydrogens (primary N) is 2. The molecule has 0 aliphatic carbocycles. The van der Waals surface area contributed by atoms with Crippen LogP contribution in [-0.2, 0) is 27.4 Å². The molecule has 1 amide bonds. The maximum Gasteiger partial charge on any atom is 0.481 e. The molecule has 3 heterocycles. The number of carbonyl (C=O) groups excluding carboxylic acids is 1. The van der Waals surface area contributed by atoms with Crippen molar-refractivity contribution in [2.45, 2.75) is 50.2 Å². The Balaban J connectivity index is 1.77. The highest BCUT2D eigenvalue weighted by Crippen LogP contribution is 2.57. The van der Waals surface area contributed by atoms with Crippen LogP contribution in [-0.4, -0.2) is 83.4 Å². The Labute approximate surface area is 214 Å². The van der Waals surface area contributed by atoms with E-state index in [0.717, 1.165) is 30.2 Å². The second-order valence-electron chi connectivity index (χ2n) is 8.17. The molecule has 1 saturated heterocycles. The zero-order valence-corrected chi connectivity index (χ0v) is 21.6. The van der Waals surface area contributed by atoms with Crippen LogP contribution in [0.5, 0.6) is 0 Å². The molecule has 1 aliphatic rings. The molecular weight excluding hydrogens is 556 g/mol. The number of unbranched alkanes of at least 4 members (excludes halogenated alkanes) is 3. The fourth-order valence-electron chi connectivity index (χ4n) is 3.66. The molecule has 0 saturated carbocycles. The van der Waals surface area contributed by atoms with Gasteiger partial charge in [0.25, 0.3) is 5.56 Å². The lowest BCUT2D eigenvalue weighted by atomic mass is 10.1. The number of phosphoric acid groups is 2. The molecule has 0 aromatic carbocycles. The molecule has 19 nitrogen and oxygen atoms in total. The zero-order valence-electron chi connectivity index (χ0n) is 19.8. The number of amides is 1. The molecule has 1 fully saturated rings. The standard InChI is InChI=1S/C17H29N7O12P2/c18-5-3-1-2-4-6-20-17(27)35-12-9(7-33-38(31,32)36-37(28,29)30)34-15(11(12)25)24-8-21-10-13(24)22-16(19)23-14(10)26/h8-9,11-12,15,25H,1-7,18H2,(H,20,27)(H,31,32)(H2,28,29,30)(H3,19,22,23,26). The van der Waals surface area contributed by atoms with Crippen molar-refractivity contribution in [2.24, 2.45) is 5.73 Å². The molecule has 38 heavy (non-hydrogen) atoms. The van der Waals surface area contributed by atoms with Crippen molar-refractivity contribution in [1.29, 1.82) is 0 Å². The van der Waals surface area contributed by atoms with Gasteiger partial charge in [0, 0.05) is 6.54 Å². The summed E-state index contributed by atoms with van der Waals surface area (Å²) in [6.45, 7) is -0.110. The maximum atomic E-state index is 12.4. The Hall–Kier alpha value is -2.44. The lowest BCUT2D eigenvalue weighted by Crippen LogP contribution is -2.41. The summed E-state index contributed by atoms with van der Waals surface area (Å²) in [5, 5.41) is 13.4. The van der Waals surface area contributed by atoms with E-state index in [-0.39, 0.29) is 23.7 Å². The number of ether oxygens (including phenoxy) is 2. The number of hydrogen-bond donors (Lipinski definition) is 8. The quantitative estimate of drug-likeness (QED) is 0.101. The third-order valence-electron chi connectivity index (χ3n) is 5.29. The van der Waals surface area contributed by atoms with Crippen molar-refractivity contribution in [1.82, 2.24) is 24.8 Å². The minimum Gasteiger partial charge on any atom is -0.440 e. The largest absolute Gasteiger partial charge is 0.481 e. The molecule has 0 radical (unpaired) electrons. The number of hydrogen-bond acceptors (Lipinski definition) is 13. The number of imidazole rings is 1. The van der Waals surface area contributed by atoms with Crippen LogP contribution in [0.25, 0.3) is 11.2 Å². The highest BCUT2D eigenvalue weighted by Gasteiger charge is 2.49. The van der Waals surface area contributed by atoms with Crippen LogP contribution in [0, 0.1) is 0 Å². The van der Waals surface area contributed by atoms with Crippen molar-refractivity contribution in [2.75, 3.05) is 25.4 Å². The predicted molar refractivity (Wildman–Crippen MR) is 127 cm³/mol. The molecule has 5 unspecified atom stereocenters. The van der Waals surface area contributed by atoms with E-state index in [1.165, 1.54) is 0 Å². The van der Waals surface area contributed by atoms with E-state index in [1.54, 1.807) is 0 Å². The van der Waals surface area contributed by atoms with Gasteiger partial charge in [-0.2, -0.15) is 9.29 Å². The lowest BCUT2D eigenvalue weighted by molar-refractivity contribution is -0.0508. The fraction of sp³-hybridized carbons (Fsp3) is 0.647. The molecule has 2 aromatic rings. The number of aromatic nitrogens is 4. The number of nitrogens with zero attached hydrogens (tertiary/aromatic N) is 3. The SMILES string of the molecule is NCCCCCCNC(=O)OC1C(COP(=O)(O)OP(=O)(O)O)OC(n2cnc3c(=O)[nH]c(N)nc32)C1O. The summed E-state index contributed by atoms with van der Waals surface area (Å²) in [5.74, 6) is -0.258. The summed E-state index contributed by atoms with van der Waals surface area (Å²) in [7, 11) is -10.7. The smallest absolute Gasteiger partial charge is 0.440 e. The van der Waals surface area contributed by atoms with Gasteiger partial charge in [0.15, 0.2) is 23.5 Å².